The molecule has 0 aliphatic carbocycles. The van der Waals surface area contributed by atoms with Gasteiger partial charge in [-0.1, -0.05) is 41.9 Å². The van der Waals surface area contributed by atoms with Crippen LogP contribution >= 0.6 is 11.6 Å². The largest absolute Gasteiger partial charge is 0.508 e. The molecule has 0 saturated carbocycles. The minimum atomic E-state index is -0.673. The summed E-state index contributed by atoms with van der Waals surface area (Å²) in [7, 11) is 0. The number of aromatic hydroxyl groups is 1. The fourth-order valence-corrected chi connectivity index (χ4v) is 3.06. The molecule has 0 aliphatic heterocycles. The zero-order valence-electron chi connectivity index (χ0n) is 15.5. The Morgan fingerprint density at radius 1 is 1.00 bits per heavy atom. The summed E-state index contributed by atoms with van der Waals surface area (Å²) in [6.07, 6.45) is 0.951. The maximum atomic E-state index is 10.4. The van der Waals surface area contributed by atoms with E-state index in [-0.39, 0.29) is 12.4 Å². The fraction of sp³-hybridized carbons (Fsp3) is 0.273. The van der Waals surface area contributed by atoms with Crippen LogP contribution in [0.2, 0.25) is 5.02 Å². The molecule has 2 N–H and O–H groups in total. The van der Waals surface area contributed by atoms with Crippen LogP contribution in [0, 0.1) is 0 Å². The number of para-hydroxylation sites is 1. The van der Waals surface area contributed by atoms with Crippen molar-refractivity contribution >= 4 is 11.6 Å². The van der Waals surface area contributed by atoms with Gasteiger partial charge in [-0.3, -0.25) is 4.90 Å². The van der Waals surface area contributed by atoms with E-state index in [4.69, 9.17) is 20.8 Å². The van der Waals surface area contributed by atoms with Gasteiger partial charge < -0.3 is 19.4 Å². The van der Waals surface area contributed by atoms with Crippen molar-refractivity contribution in [3.63, 3.8) is 0 Å². The van der Waals surface area contributed by atoms with E-state index in [1.807, 2.05) is 53.4 Å². The van der Waals surface area contributed by atoms with Gasteiger partial charge in [0, 0.05) is 23.7 Å². The average Bonchev–Trinajstić information content (AvgIpc) is 3.18. The van der Waals surface area contributed by atoms with Crippen molar-refractivity contribution in [3.8, 4) is 5.75 Å². The number of rotatable bonds is 10. The topological polar surface area (TPSA) is 66.1 Å². The molecule has 1 atom stereocenters. The number of benzene rings is 2. The summed E-state index contributed by atoms with van der Waals surface area (Å²) < 4.78 is 11.1. The molecule has 3 aromatic rings. The third-order valence-corrected chi connectivity index (χ3v) is 4.56. The Morgan fingerprint density at radius 2 is 1.79 bits per heavy atom. The van der Waals surface area contributed by atoms with E-state index in [2.05, 4.69) is 0 Å². The molecule has 0 bridgehead atoms. The number of hydrogen-bond donors (Lipinski definition) is 2. The van der Waals surface area contributed by atoms with Crippen LogP contribution in [0.3, 0.4) is 0 Å². The lowest BCUT2D eigenvalue weighted by Gasteiger charge is -2.24. The van der Waals surface area contributed by atoms with Crippen molar-refractivity contribution < 1.29 is 19.4 Å². The summed E-state index contributed by atoms with van der Waals surface area (Å²) in [5.74, 6) is 1.03. The van der Waals surface area contributed by atoms with Crippen molar-refractivity contribution in [2.75, 3.05) is 13.2 Å². The highest BCUT2D eigenvalue weighted by molar-refractivity contribution is 6.30. The highest BCUT2D eigenvalue weighted by Crippen LogP contribution is 2.19. The molecule has 28 heavy (non-hydrogen) atoms. The Morgan fingerprint density at radius 3 is 2.50 bits per heavy atom. The first kappa shape index (κ1) is 20.4. The molecule has 2 aromatic carbocycles. The SMILES string of the molecule is Oc1ccccc1CN(Cc1ccco1)C[C@H](O)COCc1ccc(Cl)cc1. The Kier molecular flexibility index (Phi) is 7.51. The Bertz CT molecular complexity index is 836. The second-order valence-electron chi connectivity index (χ2n) is 6.67. The van der Waals surface area contributed by atoms with E-state index in [0.29, 0.717) is 31.3 Å². The summed E-state index contributed by atoms with van der Waals surface area (Å²) in [6, 6.07) is 18.3. The number of aliphatic hydroxyl groups excluding tert-OH is 1. The fourth-order valence-electron chi connectivity index (χ4n) is 2.94. The lowest BCUT2D eigenvalue weighted by molar-refractivity contribution is 0.00603. The van der Waals surface area contributed by atoms with Gasteiger partial charge in [0.1, 0.15) is 11.5 Å². The van der Waals surface area contributed by atoms with Crippen LogP contribution in [-0.4, -0.2) is 34.4 Å². The number of halogens is 1. The number of aliphatic hydroxyl groups is 1. The number of phenols is 1. The number of nitrogens with zero attached hydrogens (tertiary/aromatic N) is 1. The lowest BCUT2D eigenvalue weighted by atomic mass is 10.1. The number of phenolic OH excluding ortho intramolecular Hbond substituents is 1. The molecule has 0 spiro atoms. The van der Waals surface area contributed by atoms with E-state index in [1.54, 1.807) is 18.4 Å². The predicted octanol–water partition coefficient (Wildman–Crippen LogP) is 4.22. The van der Waals surface area contributed by atoms with E-state index < -0.39 is 6.10 Å². The monoisotopic (exact) mass is 401 g/mol. The van der Waals surface area contributed by atoms with Crippen LogP contribution in [0.4, 0.5) is 0 Å². The van der Waals surface area contributed by atoms with Gasteiger partial charge in [-0.25, -0.2) is 0 Å². The van der Waals surface area contributed by atoms with Crippen LogP contribution in [0.25, 0.3) is 0 Å². The van der Waals surface area contributed by atoms with E-state index in [0.717, 1.165) is 16.9 Å². The molecule has 0 aliphatic rings. The van der Waals surface area contributed by atoms with Crippen LogP contribution < -0.4 is 0 Å². The highest BCUT2D eigenvalue weighted by Gasteiger charge is 2.16. The molecule has 0 saturated heterocycles. The molecule has 0 fully saturated rings. The summed E-state index contributed by atoms with van der Waals surface area (Å²) >= 11 is 5.88. The zero-order valence-corrected chi connectivity index (χ0v) is 16.3. The molecular weight excluding hydrogens is 378 g/mol. The molecule has 1 aromatic heterocycles. The van der Waals surface area contributed by atoms with Gasteiger partial charge in [0.15, 0.2) is 0 Å². The molecule has 148 valence electrons. The number of hydrogen-bond acceptors (Lipinski definition) is 5. The first-order valence-electron chi connectivity index (χ1n) is 9.12. The van der Waals surface area contributed by atoms with Crippen LogP contribution in [0.5, 0.6) is 5.75 Å². The Hall–Kier alpha value is -2.31. The summed E-state index contributed by atoms with van der Waals surface area (Å²) in [6.45, 7) is 2.01. The molecule has 3 rings (SSSR count). The molecule has 0 unspecified atom stereocenters. The summed E-state index contributed by atoms with van der Waals surface area (Å²) in [5.41, 5.74) is 1.79. The lowest BCUT2D eigenvalue weighted by Crippen LogP contribution is -2.34. The van der Waals surface area contributed by atoms with Crippen molar-refractivity contribution in [1.29, 1.82) is 0 Å². The Labute approximate surface area is 169 Å². The third kappa shape index (κ3) is 6.39. The van der Waals surface area contributed by atoms with Gasteiger partial charge in [0.05, 0.1) is 32.1 Å². The maximum Gasteiger partial charge on any atom is 0.120 e. The predicted molar refractivity (Wildman–Crippen MR) is 108 cm³/mol. The second-order valence-corrected chi connectivity index (χ2v) is 7.11. The van der Waals surface area contributed by atoms with E-state index in [1.165, 1.54) is 0 Å². The first-order valence-corrected chi connectivity index (χ1v) is 9.50. The van der Waals surface area contributed by atoms with E-state index >= 15 is 0 Å². The molecular formula is C22H24ClNO4. The highest BCUT2D eigenvalue weighted by atomic mass is 35.5. The Balaban J connectivity index is 1.55. The van der Waals surface area contributed by atoms with Crippen molar-refractivity contribution in [2.45, 2.75) is 25.8 Å². The minimum Gasteiger partial charge on any atom is -0.508 e. The van der Waals surface area contributed by atoms with Gasteiger partial charge in [-0.05, 0) is 35.9 Å². The van der Waals surface area contributed by atoms with Crippen LogP contribution in [0.1, 0.15) is 16.9 Å². The summed E-state index contributed by atoms with van der Waals surface area (Å²) in [5, 5.41) is 21.2. The normalized spacial score (nSPS) is 12.4. The van der Waals surface area contributed by atoms with Crippen molar-refractivity contribution in [3.05, 3.63) is 88.8 Å². The molecule has 6 heteroatoms. The minimum absolute atomic E-state index is 0.206. The summed E-state index contributed by atoms with van der Waals surface area (Å²) in [4.78, 5) is 2.02. The third-order valence-electron chi connectivity index (χ3n) is 4.31. The van der Waals surface area contributed by atoms with Gasteiger partial charge in [0.2, 0.25) is 0 Å². The average molecular weight is 402 g/mol. The molecule has 0 amide bonds. The molecule has 0 radical (unpaired) electrons. The van der Waals surface area contributed by atoms with Crippen LogP contribution in [0.15, 0.2) is 71.3 Å². The number of ether oxygens (including phenoxy) is 1. The van der Waals surface area contributed by atoms with Gasteiger partial charge >= 0.3 is 0 Å². The number of furan rings is 1. The van der Waals surface area contributed by atoms with Crippen LogP contribution in [-0.2, 0) is 24.4 Å². The smallest absolute Gasteiger partial charge is 0.120 e. The molecule has 5 nitrogen and oxygen atoms in total. The first-order chi connectivity index (χ1) is 13.6. The van der Waals surface area contributed by atoms with Crippen molar-refractivity contribution in [1.82, 2.24) is 4.90 Å². The quantitative estimate of drug-likeness (QED) is 0.532. The molecule has 1 heterocycles. The zero-order chi connectivity index (χ0) is 19.8. The maximum absolute atomic E-state index is 10.4. The van der Waals surface area contributed by atoms with Gasteiger partial charge in [-0.2, -0.15) is 0 Å². The van der Waals surface area contributed by atoms with Crippen molar-refractivity contribution in [2.24, 2.45) is 0 Å². The van der Waals surface area contributed by atoms with Gasteiger partial charge in [0.25, 0.3) is 0 Å². The van der Waals surface area contributed by atoms with E-state index in [9.17, 15) is 10.2 Å². The van der Waals surface area contributed by atoms with Gasteiger partial charge in [-0.15, -0.1) is 0 Å². The standard InChI is InChI=1S/C22H24ClNO4/c23-19-9-7-17(8-10-19)15-27-16-20(25)13-24(14-21-5-3-11-28-21)12-18-4-1-2-6-22(18)26/h1-11,20,25-26H,12-16H2/t20-/m0/s1. The second kappa shape index (κ2) is 10.3.